The van der Waals surface area contributed by atoms with Crippen LogP contribution in [0.15, 0.2) is 60.7 Å². The van der Waals surface area contributed by atoms with E-state index in [1.165, 1.54) is 0 Å². The van der Waals surface area contributed by atoms with E-state index in [4.69, 9.17) is 0 Å². The fraction of sp³-hybridized carbons (Fsp3) is 0.320. The standard InChI is InChI=1S/C25H26N2O6S/c1-16(23(30)27-20(24(31)32)12-13-21(27)28)15-34-25(33)19(14-17-8-4-2-5-9-17)26-22(29)18-10-6-3-7-11-18/h2-11,16,19-20H,12-15H2,1H3,(H,26,29)(H,31,32)/t16?,19-,20-/m0/s1. The van der Waals surface area contributed by atoms with Crippen LogP contribution in [0.2, 0.25) is 0 Å². The number of hydrogen-bond donors (Lipinski definition) is 2. The van der Waals surface area contributed by atoms with Crippen LogP contribution in [-0.4, -0.2) is 56.6 Å². The second kappa shape index (κ2) is 11.6. The van der Waals surface area contributed by atoms with Crippen molar-refractivity contribution in [2.24, 2.45) is 5.92 Å². The molecule has 1 unspecified atom stereocenters. The first-order valence-electron chi connectivity index (χ1n) is 10.9. The molecule has 178 valence electrons. The maximum absolute atomic E-state index is 13.1. The molecule has 0 bridgehead atoms. The quantitative estimate of drug-likeness (QED) is 0.563. The van der Waals surface area contributed by atoms with Crippen molar-refractivity contribution < 1.29 is 29.1 Å². The van der Waals surface area contributed by atoms with Crippen LogP contribution in [0.1, 0.15) is 35.7 Å². The highest BCUT2D eigenvalue weighted by molar-refractivity contribution is 8.13. The summed E-state index contributed by atoms with van der Waals surface area (Å²) in [4.78, 5) is 62.7. The number of carbonyl (C=O) groups excluding carboxylic acids is 4. The van der Waals surface area contributed by atoms with Crippen molar-refractivity contribution in [3.8, 4) is 0 Å². The van der Waals surface area contributed by atoms with Gasteiger partial charge in [-0.1, -0.05) is 67.2 Å². The van der Waals surface area contributed by atoms with Crippen molar-refractivity contribution in [2.75, 3.05) is 5.75 Å². The van der Waals surface area contributed by atoms with Crippen LogP contribution in [-0.2, 0) is 25.6 Å². The molecular formula is C25H26N2O6S. The van der Waals surface area contributed by atoms with Gasteiger partial charge in [-0.3, -0.25) is 24.1 Å². The van der Waals surface area contributed by atoms with Gasteiger partial charge in [-0.05, 0) is 24.1 Å². The summed E-state index contributed by atoms with van der Waals surface area (Å²) in [5.74, 6) is -3.42. The number of benzene rings is 2. The fourth-order valence-corrected chi connectivity index (χ4v) is 4.58. The largest absolute Gasteiger partial charge is 0.480 e. The molecule has 1 heterocycles. The summed E-state index contributed by atoms with van der Waals surface area (Å²) < 4.78 is 0. The van der Waals surface area contributed by atoms with E-state index in [1.54, 1.807) is 37.3 Å². The van der Waals surface area contributed by atoms with Crippen molar-refractivity contribution in [3.63, 3.8) is 0 Å². The van der Waals surface area contributed by atoms with Crippen LogP contribution in [0, 0.1) is 5.92 Å². The molecule has 1 aliphatic rings. The van der Waals surface area contributed by atoms with Crippen molar-refractivity contribution in [3.05, 3.63) is 71.8 Å². The Morgan fingerprint density at radius 1 is 1.06 bits per heavy atom. The summed E-state index contributed by atoms with van der Waals surface area (Å²) in [5.41, 5.74) is 1.29. The lowest BCUT2D eigenvalue weighted by Gasteiger charge is -2.23. The average molecular weight is 483 g/mol. The van der Waals surface area contributed by atoms with Crippen molar-refractivity contribution >= 4 is 40.6 Å². The van der Waals surface area contributed by atoms with Gasteiger partial charge in [0.15, 0.2) is 0 Å². The third kappa shape index (κ3) is 6.32. The van der Waals surface area contributed by atoms with Crippen molar-refractivity contribution in [2.45, 2.75) is 38.3 Å². The predicted octanol–water partition coefficient (Wildman–Crippen LogP) is 2.53. The minimum absolute atomic E-state index is 0.00612. The number of carboxylic acids is 1. The van der Waals surface area contributed by atoms with Crippen LogP contribution >= 0.6 is 11.8 Å². The zero-order valence-electron chi connectivity index (χ0n) is 18.7. The van der Waals surface area contributed by atoms with Gasteiger partial charge in [0, 0.05) is 30.1 Å². The van der Waals surface area contributed by atoms with Gasteiger partial charge < -0.3 is 10.4 Å². The number of carbonyl (C=O) groups is 5. The van der Waals surface area contributed by atoms with E-state index in [2.05, 4.69) is 5.32 Å². The number of thioether (sulfide) groups is 1. The lowest BCUT2D eigenvalue weighted by molar-refractivity contribution is -0.155. The highest BCUT2D eigenvalue weighted by atomic mass is 32.2. The molecule has 3 amide bonds. The zero-order chi connectivity index (χ0) is 24.7. The Morgan fingerprint density at radius 3 is 2.29 bits per heavy atom. The molecule has 1 aliphatic heterocycles. The lowest BCUT2D eigenvalue weighted by atomic mass is 10.1. The molecule has 2 N–H and O–H groups in total. The molecule has 0 aromatic heterocycles. The van der Waals surface area contributed by atoms with E-state index in [1.807, 2.05) is 30.3 Å². The minimum Gasteiger partial charge on any atom is -0.480 e. The Hall–Kier alpha value is -3.46. The molecule has 3 atom stereocenters. The van der Waals surface area contributed by atoms with Crippen molar-refractivity contribution in [1.29, 1.82) is 0 Å². The Kier molecular flexibility index (Phi) is 8.59. The van der Waals surface area contributed by atoms with Crippen molar-refractivity contribution in [1.82, 2.24) is 10.2 Å². The second-order valence-electron chi connectivity index (χ2n) is 8.11. The molecule has 3 rings (SSSR count). The summed E-state index contributed by atoms with van der Waals surface area (Å²) in [6, 6.07) is 15.8. The maximum Gasteiger partial charge on any atom is 0.326 e. The highest BCUT2D eigenvalue weighted by Gasteiger charge is 2.41. The monoisotopic (exact) mass is 482 g/mol. The van der Waals surface area contributed by atoms with E-state index in [0.29, 0.717) is 5.56 Å². The minimum atomic E-state index is -1.22. The van der Waals surface area contributed by atoms with Crippen LogP contribution in [0.3, 0.4) is 0 Å². The first-order chi connectivity index (χ1) is 16.3. The maximum atomic E-state index is 13.1. The number of aliphatic carboxylic acids is 1. The van der Waals surface area contributed by atoms with Crippen LogP contribution in [0.25, 0.3) is 0 Å². The lowest BCUT2D eigenvalue weighted by Crippen LogP contribution is -2.46. The Labute approximate surface area is 201 Å². The van der Waals surface area contributed by atoms with Gasteiger partial charge >= 0.3 is 5.97 Å². The molecule has 0 radical (unpaired) electrons. The second-order valence-corrected chi connectivity index (χ2v) is 9.13. The third-order valence-electron chi connectivity index (χ3n) is 5.54. The SMILES string of the molecule is CC(CSC(=O)[C@H](Cc1ccccc1)NC(=O)c1ccccc1)C(=O)N1C(=O)CC[C@H]1C(=O)O. The molecule has 1 saturated heterocycles. The van der Waals surface area contributed by atoms with Gasteiger partial charge in [0.25, 0.3) is 5.91 Å². The molecule has 34 heavy (non-hydrogen) atoms. The summed E-state index contributed by atoms with van der Waals surface area (Å²) in [5, 5.41) is 11.8. The first-order valence-corrected chi connectivity index (χ1v) is 11.9. The van der Waals surface area contributed by atoms with Gasteiger partial charge in [0.05, 0.1) is 0 Å². The molecule has 2 aromatic carbocycles. The summed E-state index contributed by atoms with van der Waals surface area (Å²) in [6.07, 6.45) is 0.370. The van der Waals surface area contributed by atoms with Gasteiger partial charge in [0.1, 0.15) is 12.1 Å². The number of nitrogens with one attached hydrogen (secondary N) is 1. The molecule has 0 spiro atoms. The number of nitrogens with zero attached hydrogens (tertiary/aromatic N) is 1. The zero-order valence-corrected chi connectivity index (χ0v) is 19.5. The smallest absolute Gasteiger partial charge is 0.326 e. The number of hydrogen-bond acceptors (Lipinski definition) is 6. The normalized spacial score (nSPS) is 17.1. The molecule has 2 aromatic rings. The molecular weight excluding hydrogens is 456 g/mol. The van der Waals surface area contributed by atoms with E-state index in [0.717, 1.165) is 22.2 Å². The van der Waals surface area contributed by atoms with E-state index >= 15 is 0 Å². The van der Waals surface area contributed by atoms with Gasteiger partial charge in [-0.25, -0.2) is 4.79 Å². The van der Waals surface area contributed by atoms with E-state index < -0.39 is 35.8 Å². The number of rotatable bonds is 9. The fourth-order valence-electron chi connectivity index (χ4n) is 3.68. The first kappa shape index (κ1) is 25.2. The molecule has 9 heteroatoms. The Balaban J connectivity index is 1.67. The Morgan fingerprint density at radius 2 is 1.68 bits per heavy atom. The summed E-state index contributed by atoms with van der Waals surface area (Å²) in [6.45, 7) is 1.56. The van der Waals surface area contributed by atoms with Gasteiger partial charge in [-0.2, -0.15) is 0 Å². The summed E-state index contributed by atoms with van der Waals surface area (Å²) >= 11 is 0.887. The van der Waals surface area contributed by atoms with Gasteiger partial charge in [-0.15, -0.1) is 0 Å². The topological polar surface area (TPSA) is 121 Å². The molecule has 0 aliphatic carbocycles. The predicted molar refractivity (Wildman–Crippen MR) is 127 cm³/mol. The van der Waals surface area contributed by atoms with E-state index in [-0.39, 0.29) is 36.0 Å². The average Bonchev–Trinajstić information content (AvgIpc) is 3.24. The number of carboxylic acid groups (broad SMARTS) is 1. The Bertz CT molecular complexity index is 1060. The number of imide groups is 1. The highest BCUT2D eigenvalue weighted by Crippen LogP contribution is 2.24. The molecule has 8 nitrogen and oxygen atoms in total. The van der Waals surface area contributed by atoms with Crippen LogP contribution in [0.5, 0.6) is 0 Å². The molecule has 1 fully saturated rings. The number of amides is 3. The van der Waals surface area contributed by atoms with Crippen LogP contribution in [0.4, 0.5) is 0 Å². The summed E-state index contributed by atoms with van der Waals surface area (Å²) in [7, 11) is 0. The van der Waals surface area contributed by atoms with Crippen LogP contribution < -0.4 is 5.32 Å². The van der Waals surface area contributed by atoms with Gasteiger partial charge in [0.2, 0.25) is 16.9 Å². The third-order valence-corrected chi connectivity index (χ3v) is 6.78. The number of likely N-dealkylation sites (tertiary alicyclic amines) is 1. The molecule has 0 saturated carbocycles. The van der Waals surface area contributed by atoms with E-state index in [9.17, 15) is 29.1 Å².